The fraction of sp³-hybridized carbons (Fsp3) is 0.231. The molecule has 4 heteroatoms. The Hall–Kier alpha value is -1.51. The van der Waals surface area contributed by atoms with Crippen LogP contribution in [0, 0.1) is 20.8 Å². The first kappa shape index (κ1) is 23.2. The van der Waals surface area contributed by atoms with Crippen molar-refractivity contribution in [2.75, 3.05) is 0 Å². The van der Waals surface area contributed by atoms with Crippen LogP contribution in [0.4, 0.5) is 5.69 Å². The molecule has 0 aliphatic heterocycles. The Morgan fingerprint density at radius 1 is 0.867 bits per heavy atom. The second kappa shape index (κ2) is 10.7. The van der Waals surface area contributed by atoms with Gasteiger partial charge in [0.15, 0.2) is 0 Å². The Morgan fingerprint density at radius 2 is 1.43 bits per heavy atom. The minimum absolute atomic E-state index is 0.113. The van der Waals surface area contributed by atoms with Gasteiger partial charge in [-0.2, -0.15) is 0 Å². The van der Waals surface area contributed by atoms with E-state index in [9.17, 15) is 0 Å². The maximum absolute atomic E-state index is 5.13. The molecule has 1 nitrogen and oxygen atoms in total. The van der Waals surface area contributed by atoms with Crippen molar-refractivity contribution in [3.05, 3.63) is 111 Å². The number of hydrogen-bond acceptors (Lipinski definition) is 0. The third kappa shape index (κ3) is 5.21. The number of hydrogen-bond donors (Lipinski definition) is 0. The van der Waals surface area contributed by atoms with Crippen molar-refractivity contribution >= 4 is 30.4 Å². The molecule has 0 N–H and O–H groups in total. The van der Waals surface area contributed by atoms with Crippen molar-refractivity contribution in [2.24, 2.45) is 0 Å². The second-order valence-corrected chi connectivity index (χ2v) is 10.3. The number of nitrogens with zero attached hydrogens (tertiary/aromatic N) is 1. The average Bonchev–Trinajstić information content (AvgIpc) is 3.15. The van der Waals surface area contributed by atoms with Gasteiger partial charge in [-0.25, -0.2) is 0 Å². The van der Waals surface area contributed by atoms with Gasteiger partial charge >= 0.3 is 35.6 Å². The number of rotatable bonds is 4. The fourth-order valence-electron chi connectivity index (χ4n) is 4.33. The van der Waals surface area contributed by atoms with Gasteiger partial charge < -0.3 is 5.32 Å². The molecule has 0 heterocycles. The van der Waals surface area contributed by atoms with Gasteiger partial charge in [-0.05, 0) is 37.5 Å². The van der Waals surface area contributed by atoms with E-state index in [2.05, 4.69) is 101 Å². The minimum atomic E-state index is -0.556. The summed E-state index contributed by atoms with van der Waals surface area (Å²) in [5, 5.41) is 5.13. The van der Waals surface area contributed by atoms with Crippen LogP contribution >= 0.6 is 18.6 Å². The molecule has 2 unspecified atom stereocenters. The summed E-state index contributed by atoms with van der Waals surface area (Å²) in [6.07, 6.45) is 4.56. The zero-order chi connectivity index (χ0) is 21.7. The molecule has 3 aromatic rings. The van der Waals surface area contributed by atoms with Crippen LogP contribution in [0.25, 0.3) is 11.4 Å². The average molecular weight is 471 g/mol. The third-order valence-corrected chi connectivity index (χ3v) is 5.54. The molecule has 0 fully saturated rings. The van der Waals surface area contributed by atoms with Crippen molar-refractivity contribution < 1.29 is 17.0 Å². The first-order chi connectivity index (χ1) is 14.5. The number of aryl methyl sites for hydroxylation is 3. The Morgan fingerprint density at radius 3 is 2.10 bits per heavy atom. The molecule has 2 atom stereocenters. The molecule has 0 saturated heterocycles. The van der Waals surface area contributed by atoms with E-state index < -0.39 is 17.0 Å². The summed E-state index contributed by atoms with van der Waals surface area (Å²) in [6.45, 7) is 8.68. The van der Waals surface area contributed by atoms with Gasteiger partial charge in [0.05, 0.1) is 0 Å². The van der Waals surface area contributed by atoms with E-state index >= 15 is 0 Å². The normalized spacial score (nSPS) is 15.1. The molecule has 3 aromatic carbocycles. The Kier molecular flexibility index (Phi) is 8.25. The molecule has 0 bridgehead atoms. The van der Waals surface area contributed by atoms with Crippen LogP contribution < -0.4 is 0 Å². The van der Waals surface area contributed by atoms with Crippen molar-refractivity contribution in [1.82, 2.24) is 0 Å². The maximum atomic E-state index is 5.13. The van der Waals surface area contributed by atoms with Crippen LogP contribution in [0.15, 0.2) is 66.7 Å². The summed E-state index contributed by atoms with van der Waals surface area (Å²) in [4.78, 5) is 0. The van der Waals surface area contributed by atoms with Gasteiger partial charge in [-0.15, -0.1) is 5.69 Å². The Labute approximate surface area is 197 Å². The fourth-order valence-corrected chi connectivity index (χ4v) is 4.33. The standard InChI is InChI=1S/C26H26N.2ClH.Ti/c1-17-15-18(2)26(19(3)16-17)27-20(4)22-10-7-8-12-24(22)25-14-13-21-9-5-6-11-23(21)25;;;/h5-16,20,25H,1-4H3;2*1H;/q-1;;;+2/p-2. The molecule has 154 valence electrons. The van der Waals surface area contributed by atoms with Gasteiger partial charge in [-0.1, -0.05) is 108 Å². The van der Waals surface area contributed by atoms with E-state index in [-0.39, 0.29) is 6.04 Å². The SMILES string of the molecule is Cc1cc(C)c([N-]C(C)c2ccccc2C2C=Cc3ccccc32)c(C)c1.[Cl][Ti][Cl]. The van der Waals surface area contributed by atoms with Gasteiger partial charge in [0, 0.05) is 5.92 Å². The molecular weight excluding hydrogens is 445 g/mol. The van der Waals surface area contributed by atoms with E-state index in [1.54, 1.807) is 0 Å². The molecule has 4 rings (SSSR count). The van der Waals surface area contributed by atoms with E-state index in [1.807, 2.05) is 0 Å². The zero-order valence-electron chi connectivity index (χ0n) is 17.8. The molecular formula is C26H26Cl2NTi-. The predicted molar refractivity (Wildman–Crippen MR) is 128 cm³/mol. The van der Waals surface area contributed by atoms with Crippen LogP contribution in [0.2, 0.25) is 0 Å². The number of fused-ring (bicyclic) bond motifs is 1. The predicted octanol–water partition coefficient (Wildman–Crippen LogP) is 8.91. The van der Waals surface area contributed by atoms with Crippen molar-refractivity contribution in [3.63, 3.8) is 0 Å². The first-order valence-electron chi connectivity index (χ1n) is 10.1. The first-order valence-corrected chi connectivity index (χ1v) is 14.4. The summed E-state index contributed by atoms with van der Waals surface area (Å²) >= 11 is -0.556. The summed E-state index contributed by atoms with van der Waals surface area (Å²) in [6, 6.07) is 22.0. The molecule has 0 saturated carbocycles. The topological polar surface area (TPSA) is 14.1 Å². The van der Waals surface area contributed by atoms with E-state index in [4.69, 9.17) is 23.9 Å². The van der Waals surface area contributed by atoms with Gasteiger partial charge in [0.2, 0.25) is 0 Å². The van der Waals surface area contributed by atoms with Crippen LogP contribution in [-0.2, 0) is 17.0 Å². The molecule has 0 amide bonds. The molecule has 0 aromatic heterocycles. The van der Waals surface area contributed by atoms with Gasteiger partial charge in [-0.3, -0.25) is 0 Å². The van der Waals surface area contributed by atoms with Crippen molar-refractivity contribution in [3.8, 4) is 0 Å². The van der Waals surface area contributed by atoms with Crippen LogP contribution in [0.3, 0.4) is 0 Å². The number of halogens is 2. The Balaban J connectivity index is 0.000000806. The molecule has 30 heavy (non-hydrogen) atoms. The van der Waals surface area contributed by atoms with Gasteiger partial charge in [0.25, 0.3) is 0 Å². The zero-order valence-corrected chi connectivity index (χ0v) is 20.9. The molecule has 1 aliphatic rings. The monoisotopic (exact) mass is 470 g/mol. The van der Waals surface area contributed by atoms with Crippen LogP contribution in [-0.4, -0.2) is 0 Å². The summed E-state index contributed by atoms with van der Waals surface area (Å²) in [7, 11) is 9.78. The van der Waals surface area contributed by atoms with Crippen LogP contribution in [0.1, 0.15) is 57.8 Å². The van der Waals surface area contributed by atoms with Crippen molar-refractivity contribution in [2.45, 2.75) is 39.7 Å². The molecule has 0 radical (unpaired) electrons. The molecule has 1 aliphatic carbocycles. The van der Waals surface area contributed by atoms with Crippen LogP contribution in [0.5, 0.6) is 0 Å². The van der Waals surface area contributed by atoms with E-state index in [0.717, 1.165) is 5.69 Å². The summed E-state index contributed by atoms with van der Waals surface area (Å²) < 4.78 is 0. The van der Waals surface area contributed by atoms with E-state index in [0.29, 0.717) is 5.92 Å². The second-order valence-electron chi connectivity index (χ2n) is 7.72. The third-order valence-electron chi connectivity index (χ3n) is 5.54. The number of benzene rings is 3. The van der Waals surface area contributed by atoms with Gasteiger partial charge in [0.1, 0.15) is 0 Å². The number of allylic oxidation sites excluding steroid dienone is 1. The summed E-state index contributed by atoms with van der Waals surface area (Å²) in [5.41, 5.74) is 10.3. The van der Waals surface area contributed by atoms with Crippen molar-refractivity contribution in [1.29, 1.82) is 0 Å². The Bertz CT molecular complexity index is 1020. The van der Waals surface area contributed by atoms with E-state index in [1.165, 1.54) is 38.9 Å². The summed E-state index contributed by atoms with van der Waals surface area (Å²) in [5.74, 6) is 0.315. The quantitative estimate of drug-likeness (QED) is 0.338. The molecule has 0 spiro atoms.